The molecule has 1 aromatic carbocycles. The van der Waals surface area contributed by atoms with Gasteiger partial charge in [0.15, 0.2) is 0 Å². The monoisotopic (exact) mass is 258 g/mol. The zero-order valence-electron chi connectivity index (χ0n) is 10.1. The van der Waals surface area contributed by atoms with E-state index in [-0.39, 0.29) is 5.78 Å². The van der Waals surface area contributed by atoms with Gasteiger partial charge in [-0.1, -0.05) is 0 Å². The van der Waals surface area contributed by atoms with Gasteiger partial charge in [0.25, 0.3) is 0 Å². The summed E-state index contributed by atoms with van der Waals surface area (Å²) in [7, 11) is 1.39. The molecule has 1 aromatic rings. The topological polar surface area (TPSA) is 26.3 Å². The Kier molecular flexibility index (Phi) is 2.87. The number of Topliss-reactive ketones (excluding diaryl/α,β-unsaturated/α-hetero) is 1. The summed E-state index contributed by atoms with van der Waals surface area (Å²) < 4.78 is 43.1. The Bertz CT molecular complexity index is 487. The van der Waals surface area contributed by atoms with Crippen LogP contribution in [0.1, 0.15) is 30.9 Å². The number of alkyl halides is 3. The minimum absolute atomic E-state index is 0.111. The third kappa shape index (κ3) is 1.98. The van der Waals surface area contributed by atoms with E-state index in [1.807, 2.05) is 0 Å². The first-order valence-electron chi connectivity index (χ1n) is 5.58. The minimum Gasteiger partial charge on any atom is -0.496 e. The Morgan fingerprint density at radius 3 is 2.33 bits per heavy atom. The molecule has 0 aromatic heterocycles. The van der Waals surface area contributed by atoms with Gasteiger partial charge in [-0.3, -0.25) is 4.79 Å². The highest BCUT2D eigenvalue weighted by atomic mass is 19.4. The van der Waals surface area contributed by atoms with Crippen molar-refractivity contribution >= 4 is 5.78 Å². The Morgan fingerprint density at radius 1 is 1.33 bits per heavy atom. The molecule has 0 aliphatic heterocycles. The van der Waals surface area contributed by atoms with Gasteiger partial charge in [0.05, 0.1) is 18.1 Å². The normalized spacial score (nSPS) is 17.4. The first-order chi connectivity index (χ1) is 8.31. The standard InChI is InChI=1S/C13H13F3O2/c1-8(17)12(5-6-12)10-7-9(13(14,15)16)3-4-11(10)18-2/h3-4,7H,5-6H2,1-2H3. The largest absolute Gasteiger partial charge is 0.496 e. The van der Waals surface area contributed by atoms with Crippen molar-refractivity contribution in [1.82, 2.24) is 0 Å². The zero-order chi connectivity index (χ0) is 13.6. The van der Waals surface area contributed by atoms with Gasteiger partial charge in [0.1, 0.15) is 11.5 Å². The molecule has 0 atom stereocenters. The van der Waals surface area contributed by atoms with Gasteiger partial charge < -0.3 is 4.74 Å². The number of hydrogen-bond acceptors (Lipinski definition) is 2. The van der Waals surface area contributed by atoms with Crippen LogP contribution in [0.4, 0.5) is 13.2 Å². The maximum atomic E-state index is 12.7. The second kappa shape index (κ2) is 4.00. The van der Waals surface area contributed by atoms with Crippen LogP contribution in [-0.4, -0.2) is 12.9 Å². The molecule has 0 radical (unpaired) electrons. The summed E-state index contributed by atoms with van der Waals surface area (Å²) in [5.41, 5.74) is -1.16. The molecule has 98 valence electrons. The fourth-order valence-electron chi connectivity index (χ4n) is 2.19. The van der Waals surface area contributed by atoms with Gasteiger partial charge in [-0.05, 0) is 38.0 Å². The van der Waals surface area contributed by atoms with Crippen molar-refractivity contribution in [2.75, 3.05) is 7.11 Å². The fraction of sp³-hybridized carbons (Fsp3) is 0.462. The summed E-state index contributed by atoms with van der Waals surface area (Å²) >= 11 is 0. The van der Waals surface area contributed by atoms with E-state index < -0.39 is 17.2 Å². The molecule has 0 heterocycles. The highest BCUT2D eigenvalue weighted by molar-refractivity contribution is 5.92. The van der Waals surface area contributed by atoms with Crippen LogP contribution in [-0.2, 0) is 16.4 Å². The van der Waals surface area contributed by atoms with Gasteiger partial charge in [0.2, 0.25) is 0 Å². The smallest absolute Gasteiger partial charge is 0.416 e. The molecular formula is C13H13F3O2. The summed E-state index contributed by atoms with van der Waals surface area (Å²) in [4.78, 5) is 11.6. The van der Waals surface area contributed by atoms with Gasteiger partial charge in [0, 0.05) is 5.56 Å². The number of carbonyl (C=O) groups excluding carboxylic acids is 1. The first-order valence-corrected chi connectivity index (χ1v) is 5.58. The third-order valence-corrected chi connectivity index (χ3v) is 3.47. The van der Waals surface area contributed by atoms with E-state index in [4.69, 9.17) is 4.74 Å². The summed E-state index contributed by atoms with van der Waals surface area (Å²) in [6.07, 6.45) is -3.24. The first kappa shape index (κ1) is 12.9. The molecule has 1 aliphatic rings. The molecule has 1 saturated carbocycles. The number of rotatable bonds is 3. The van der Waals surface area contributed by atoms with Crippen LogP contribution in [0.25, 0.3) is 0 Å². The lowest BCUT2D eigenvalue weighted by molar-refractivity contribution is -0.137. The van der Waals surface area contributed by atoms with Crippen molar-refractivity contribution in [2.24, 2.45) is 0 Å². The van der Waals surface area contributed by atoms with Crippen LogP contribution in [0, 0.1) is 0 Å². The molecule has 2 rings (SSSR count). The molecular weight excluding hydrogens is 245 g/mol. The fourth-order valence-corrected chi connectivity index (χ4v) is 2.19. The molecule has 0 saturated heterocycles. The predicted octanol–water partition coefficient (Wildman–Crippen LogP) is 3.33. The Labute approximate surface area is 103 Å². The quantitative estimate of drug-likeness (QED) is 0.831. The van der Waals surface area contributed by atoms with Crippen LogP contribution in [0.15, 0.2) is 18.2 Å². The summed E-state index contributed by atoms with van der Waals surface area (Å²) in [6.45, 7) is 1.41. The number of carbonyl (C=O) groups is 1. The maximum absolute atomic E-state index is 12.7. The van der Waals surface area contributed by atoms with E-state index in [0.29, 0.717) is 24.2 Å². The molecule has 2 nitrogen and oxygen atoms in total. The second-order valence-corrected chi connectivity index (χ2v) is 4.55. The van der Waals surface area contributed by atoms with Crippen LogP contribution < -0.4 is 4.74 Å². The average molecular weight is 258 g/mol. The molecule has 0 unspecified atom stereocenters. The summed E-state index contributed by atoms with van der Waals surface area (Å²) in [6, 6.07) is 3.28. The molecule has 0 spiro atoms. The Morgan fingerprint density at radius 2 is 1.94 bits per heavy atom. The van der Waals surface area contributed by atoms with E-state index in [1.54, 1.807) is 0 Å². The van der Waals surface area contributed by atoms with Crippen molar-refractivity contribution in [2.45, 2.75) is 31.4 Å². The number of halogens is 3. The summed E-state index contributed by atoms with van der Waals surface area (Å²) in [5, 5.41) is 0. The average Bonchev–Trinajstić information content (AvgIpc) is 3.08. The molecule has 1 fully saturated rings. The maximum Gasteiger partial charge on any atom is 0.416 e. The minimum atomic E-state index is -4.41. The molecule has 0 amide bonds. The van der Waals surface area contributed by atoms with Crippen molar-refractivity contribution < 1.29 is 22.7 Å². The highest BCUT2D eigenvalue weighted by Crippen LogP contribution is 2.52. The lowest BCUT2D eigenvalue weighted by Gasteiger charge is -2.18. The van der Waals surface area contributed by atoms with Crippen molar-refractivity contribution in [3.8, 4) is 5.75 Å². The lowest BCUT2D eigenvalue weighted by atomic mass is 9.90. The van der Waals surface area contributed by atoms with Gasteiger partial charge in [-0.15, -0.1) is 0 Å². The van der Waals surface area contributed by atoms with Gasteiger partial charge >= 0.3 is 6.18 Å². The highest BCUT2D eigenvalue weighted by Gasteiger charge is 2.51. The number of ketones is 1. The van der Waals surface area contributed by atoms with Crippen LogP contribution in [0.3, 0.4) is 0 Å². The SMILES string of the molecule is COc1ccc(C(F)(F)F)cc1C1(C(C)=O)CC1. The van der Waals surface area contributed by atoms with Crippen molar-refractivity contribution in [3.63, 3.8) is 0 Å². The molecule has 5 heteroatoms. The molecule has 1 aliphatic carbocycles. The Balaban J connectivity index is 2.54. The number of methoxy groups -OCH3 is 1. The number of ether oxygens (including phenoxy) is 1. The van der Waals surface area contributed by atoms with Crippen LogP contribution in [0.2, 0.25) is 0 Å². The predicted molar refractivity (Wildman–Crippen MR) is 59.6 cm³/mol. The Hall–Kier alpha value is -1.52. The lowest BCUT2D eigenvalue weighted by Crippen LogP contribution is -2.19. The van der Waals surface area contributed by atoms with Crippen molar-refractivity contribution in [1.29, 1.82) is 0 Å². The molecule has 18 heavy (non-hydrogen) atoms. The number of hydrogen-bond donors (Lipinski definition) is 0. The van der Waals surface area contributed by atoms with E-state index in [9.17, 15) is 18.0 Å². The van der Waals surface area contributed by atoms with E-state index >= 15 is 0 Å². The van der Waals surface area contributed by atoms with E-state index in [0.717, 1.165) is 12.1 Å². The van der Waals surface area contributed by atoms with Gasteiger partial charge in [-0.2, -0.15) is 13.2 Å². The second-order valence-electron chi connectivity index (χ2n) is 4.55. The zero-order valence-corrected chi connectivity index (χ0v) is 10.1. The number of benzene rings is 1. The van der Waals surface area contributed by atoms with Crippen LogP contribution in [0.5, 0.6) is 5.75 Å². The third-order valence-electron chi connectivity index (χ3n) is 3.47. The molecule has 0 bridgehead atoms. The molecule has 0 N–H and O–H groups in total. The van der Waals surface area contributed by atoms with Crippen LogP contribution >= 0.6 is 0 Å². The van der Waals surface area contributed by atoms with E-state index in [1.165, 1.54) is 20.1 Å². The van der Waals surface area contributed by atoms with E-state index in [2.05, 4.69) is 0 Å². The summed E-state index contributed by atoms with van der Waals surface area (Å²) in [5.74, 6) is 0.232. The van der Waals surface area contributed by atoms with Crippen molar-refractivity contribution in [3.05, 3.63) is 29.3 Å². The van der Waals surface area contributed by atoms with Gasteiger partial charge in [-0.25, -0.2) is 0 Å².